The van der Waals surface area contributed by atoms with Gasteiger partial charge in [-0.2, -0.15) is 0 Å². The number of hydrogen-bond donors (Lipinski definition) is 2. The second kappa shape index (κ2) is 6.33. The quantitative estimate of drug-likeness (QED) is 0.513. The summed E-state index contributed by atoms with van der Waals surface area (Å²) in [7, 11) is 0. The van der Waals surface area contributed by atoms with Crippen LogP contribution in [0, 0.1) is 5.82 Å². The van der Waals surface area contributed by atoms with Crippen molar-refractivity contribution in [1.29, 1.82) is 0 Å². The van der Waals surface area contributed by atoms with Crippen LogP contribution in [0.3, 0.4) is 0 Å². The van der Waals surface area contributed by atoms with Gasteiger partial charge in [0.1, 0.15) is 17.2 Å². The number of carbonyl (C=O) groups is 1. The molecule has 0 aliphatic heterocycles. The largest absolute Gasteiger partial charge is 0.396 e. The minimum atomic E-state index is -0.508. The molecular formula is C13H13FN4OS. The molecule has 1 heterocycles. The molecule has 7 heteroatoms. The van der Waals surface area contributed by atoms with Crippen LogP contribution in [0.1, 0.15) is 6.92 Å². The molecule has 0 saturated carbocycles. The first-order valence-electron chi connectivity index (χ1n) is 5.85. The summed E-state index contributed by atoms with van der Waals surface area (Å²) in [4.78, 5) is 19.8. The number of nitrogens with two attached hydrogens (primary N) is 1. The molecule has 0 aliphatic rings. The first kappa shape index (κ1) is 14.3. The summed E-state index contributed by atoms with van der Waals surface area (Å²) in [5.74, 6) is -0.717. The molecule has 1 atom stereocenters. The van der Waals surface area contributed by atoms with Crippen LogP contribution in [0.15, 0.2) is 41.8 Å². The topological polar surface area (TPSA) is 80.9 Å². The van der Waals surface area contributed by atoms with Gasteiger partial charge in [-0.15, -0.1) is 0 Å². The number of anilines is 2. The van der Waals surface area contributed by atoms with Crippen molar-refractivity contribution in [1.82, 2.24) is 9.97 Å². The SMILES string of the molecule is CC(Sc1ccncn1)C(=O)Nc1ccc(F)c(N)c1. The van der Waals surface area contributed by atoms with Crippen LogP contribution in [0.4, 0.5) is 15.8 Å². The molecule has 0 radical (unpaired) electrons. The molecule has 1 unspecified atom stereocenters. The minimum Gasteiger partial charge on any atom is -0.396 e. The smallest absolute Gasteiger partial charge is 0.237 e. The Morgan fingerprint density at radius 3 is 2.90 bits per heavy atom. The fraction of sp³-hybridized carbons (Fsp3) is 0.154. The van der Waals surface area contributed by atoms with Crippen LogP contribution in [-0.4, -0.2) is 21.1 Å². The van der Waals surface area contributed by atoms with E-state index in [1.54, 1.807) is 19.2 Å². The van der Waals surface area contributed by atoms with E-state index in [1.165, 1.54) is 36.3 Å². The number of carbonyl (C=O) groups excluding carboxylic acids is 1. The normalized spacial score (nSPS) is 11.9. The number of rotatable bonds is 4. The predicted molar refractivity (Wildman–Crippen MR) is 76.8 cm³/mol. The van der Waals surface area contributed by atoms with Gasteiger partial charge < -0.3 is 11.1 Å². The number of thioether (sulfide) groups is 1. The summed E-state index contributed by atoms with van der Waals surface area (Å²) in [6, 6.07) is 5.79. The fourth-order valence-corrected chi connectivity index (χ4v) is 2.22. The van der Waals surface area contributed by atoms with Crippen molar-refractivity contribution in [3.05, 3.63) is 42.6 Å². The Kier molecular flexibility index (Phi) is 4.52. The maximum Gasteiger partial charge on any atom is 0.237 e. The van der Waals surface area contributed by atoms with Crippen molar-refractivity contribution < 1.29 is 9.18 Å². The van der Waals surface area contributed by atoms with E-state index in [0.29, 0.717) is 10.7 Å². The van der Waals surface area contributed by atoms with Gasteiger partial charge in [-0.3, -0.25) is 4.79 Å². The van der Waals surface area contributed by atoms with Gasteiger partial charge in [-0.25, -0.2) is 14.4 Å². The van der Waals surface area contributed by atoms with E-state index in [2.05, 4.69) is 15.3 Å². The van der Waals surface area contributed by atoms with Crippen LogP contribution >= 0.6 is 11.8 Å². The third-order valence-corrected chi connectivity index (χ3v) is 3.54. The van der Waals surface area contributed by atoms with Gasteiger partial charge in [0.25, 0.3) is 0 Å². The highest BCUT2D eigenvalue weighted by molar-refractivity contribution is 8.00. The molecule has 0 bridgehead atoms. The molecule has 0 saturated heterocycles. The van der Waals surface area contributed by atoms with Crippen LogP contribution in [0.25, 0.3) is 0 Å². The lowest BCUT2D eigenvalue weighted by Crippen LogP contribution is -2.22. The Hall–Kier alpha value is -2.15. The summed E-state index contributed by atoms with van der Waals surface area (Å²) >= 11 is 1.31. The van der Waals surface area contributed by atoms with Crippen molar-refractivity contribution >= 4 is 29.0 Å². The van der Waals surface area contributed by atoms with Crippen LogP contribution in [0.2, 0.25) is 0 Å². The average Bonchev–Trinajstić information content (AvgIpc) is 2.44. The third-order valence-electron chi connectivity index (χ3n) is 2.49. The number of halogens is 1. The summed E-state index contributed by atoms with van der Waals surface area (Å²) in [5.41, 5.74) is 5.91. The molecule has 1 aromatic heterocycles. The number of nitrogens with one attached hydrogen (secondary N) is 1. The van der Waals surface area contributed by atoms with Gasteiger partial charge in [-0.1, -0.05) is 11.8 Å². The molecule has 2 aromatic rings. The summed E-state index contributed by atoms with van der Waals surface area (Å²) < 4.78 is 13.0. The van der Waals surface area contributed by atoms with Gasteiger partial charge in [-0.05, 0) is 31.2 Å². The van der Waals surface area contributed by atoms with Crippen molar-refractivity contribution in [2.24, 2.45) is 0 Å². The Labute approximate surface area is 119 Å². The molecule has 1 aromatic carbocycles. The molecular weight excluding hydrogens is 279 g/mol. The van der Waals surface area contributed by atoms with E-state index in [1.807, 2.05) is 0 Å². The van der Waals surface area contributed by atoms with E-state index >= 15 is 0 Å². The molecule has 20 heavy (non-hydrogen) atoms. The van der Waals surface area contributed by atoms with Crippen molar-refractivity contribution in [3.63, 3.8) is 0 Å². The molecule has 0 spiro atoms. The van der Waals surface area contributed by atoms with Gasteiger partial charge in [0, 0.05) is 11.9 Å². The minimum absolute atomic E-state index is 0.00101. The van der Waals surface area contributed by atoms with Gasteiger partial charge in [0.2, 0.25) is 5.91 Å². The zero-order valence-corrected chi connectivity index (χ0v) is 11.5. The number of aromatic nitrogens is 2. The monoisotopic (exact) mass is 292 g/mol. The first-order valence-corrected chi connectivity index (χ1v) is 6.73. The van der Waals surface area contributed by atoms with E-state index in [0.717, 1.165) is 0 Å². The Morgan fingerprint density at radius 2 is 2.25 bits per heavy atom. The number of nitrogens with zero attached hydrogens (tertiary/aromatic N) is 2. The van der Waals surface area contributed by atoms with Crippen LogP contribution in [0.5, 0.6) is 0 Å². The highest BCUT2D eigenvalue weighted by Gasteiger charge is 2.15. The lowest BCUT2D eigenvalue weighted by Gasteiger charge is -2.11. The van der Waals surface area contributed by atoms with Gasteiger partial charge >= 0.3 is 0 Å². The summed E-state index contributed by atoms with van der Waals surface area (Å²) in [5, 5.41) is 3.04. The second-order valence-corrected chi connectivity index (χ2v) is 5.39. The fourth-order valence-electron chi connectivity index (χ4n) is 1.45. The van der Waals surface area contributed by atoms with Gasteiger partial charge in [0.05, 0.1) is 10.9 Å². The van der Waals surface area contributed by atoms with Crippen molar-refractivity contribution in [3.8, 4) is 0 Å². The summed E-state index contributed by atoms with van der Waals surface area (Å²) in [6.45, 7) is 1.76. The Balaban J connectivity index is 1.99. The van der Waals surface area contributed by atoms with Crippen LogP contribution in [-0.2, 0) is 4.79 Å². The molecule has 0 fully saturated rings. The van der Waals surface area contributed by atoms with E-state index < -0.39 is 5.82 Å². The van der Waals surface area contributed by atoms with Gasteiger partial charge in [0.15, 0.2) is 0 Å². The lowest BCUT2D eigenvalue weighted by atomic mass is 10.2. The maximum absolute atomic E-state index is 13.0. The molecule has 2 rings (SSSR count). The molecule has 0 aliphatic carbocycles. The highest BCUT2D eigenvalue weighted by Crippen LogP contribution is 2.22. The highest BCUT2D eigenvalue weighted by atomic mass is 32.2. The third kappa shape index (κ3) is 3.67. The van der Waals surface area contributed by atoms with E-state index in [9.17, 15) is 9.18 Å². The molecule has 1 amide bonds. The zero-order chi connectivity index (χ0) is 14.5. The molecule has 5 nitrogen and oxygen atoms in total. The van der Waals surface area contributed by atoms with Crippen molar-refractivity contribution in [2.75, 3.05) is 11.1 Å². The number of benzene rings is 1. The van der Waals surface area contributed by atoms with Crippen LogP contribution < -0.4 is 11.1 Å². The predicted octanol–water partition coefficient (Wildman–Crippen LogP) is 2.32. The molecule has 104 valence electrons. The number of hydrogen-bond acceptors (Lipinski definition) is 5. The second-order valence-electron chi connectivity index (χ2n) is 4.03. The van der Waals surface area contributed by atoms with Crippen molar-refractivity contribution in [2.45, 2.75) is 17.2 Å². The lowest BCUT2D eigenvalue weighted by molar-refractivity contribution is -0.115. The maximum atomic E-state index is 13.0. The average molecular weight is 292 g/mol. The Bertz CT molecular complexity index is 609. The Morgan fingerprint density at radius 1 is 1.45 bits per heavy atom. The first-order chi connectivity index (χ1) is 9.56. The number of amides is 1. The summed E-state index contributed by atoms with van der Waals surface area (Å²) in [6.07, 6.45) is 3.04. The molecule has 3 N–H and O–H groups in total. The standard InChI is InChI=1S/C13H13FN4OS/c1-8(20-12-4-5-16-7-17-12)13(19)18-9-2-3-10(14)11(15)6-9/h2-8H,15H2,1H3,(H,18,19). The zero-order valence-electron chi connectivity index (χ0n) is 10.7. The van der Waals surface area contributed by atoms with E-state index in [-0.39, 0.29) is 16.8 Å². The van der Waals surface area contributed by atoms with E-state index in [4.69, 9.17) is 5.73 Å². The number of nitrogen functional groups attached to an aromatic ring is 1.